The number of hydrogen-bond acceptors (Lipinski definition) is 3. The van der Waals surface area contributed by atoms with Crippen LogP contribution >= 0.6 is 0 Å². The summed E-state index contributed by atoms with van der Waals surface area (Å²) in [4.78, 5) is 16.0. The summed E-state index contributed by atoms with van der Waals surface area (Å²) in [5.41, 5.74) is 0.455. The topological polar surface area (TPSA) is 35.6 Å². The maximum Gasteiger partial charge on any atom is 0.225 e. The minimum atomic E-state index is -0.574. The van der Waals surface area contributed by atoms with Crippen LogP contribution in [0.5, 0.6) is 0 Å². The fourth-order valence-corrected chi connectivity index (χ4v) is 2.64. The Bertz CT molecular complexity index is 510. The number of rotatable bonds is 3. The third kappa shape index (κ3) is 4.22. The Morgan fingerprint density at radius 2 is 2.10 bits per heavy atom. The van der Waals surface area contributed by atoms with E-state index < -0.39 is 11.6 Å². The van der Waals surface area contributed by atoms with Crippen LogP contribution in [0.2, 0.25) is 0 Å². The highest BCUT2D eigenvalue weighted by Crippen LogP contribution is 2.15. The standard InChI is InChI=1S/C15H21F2N3O/c1-18-15(21)12-8-19(2)5-6-20(10-12)9-11-3-4-13(16)7-14(11)17/h3-4,7,12H,5-6,8-10H2,1-2H3,(H,18,21)/t12-/m0/s1. The minimum Gasteiger partial charge on any atom is -0.359 e. The summed E-state index contributed by atoms with van der Waals surface area (Å²) < 4.78 is 26.7. The predicted octanol–water partition coefficient (Wildman–Crippen LogP) is 1.07. The highest BCUT2D eigenvalue weighted by Gasteiger charge is 2.26. The molecule has 1 aromatic rings. The quantitative estimate of drug-likeness (QED) is 0.907. The van der Waals surface area contributed by atoms with E-state index in [1.54, 1.807) is 7.05 Å². The third-order valence-corrected chi connectivity index (χ3v) is 3.83. The van der Waals surface area contributed by atoms with E-state index in [4.69, 9.17) is 0 Å². The molecule has 1 heterocycles. The lowest BCUT2D eigenvalue weighted by atomic mass is 10.1. The van der Waals surface area contributed by atoms with Crippen molar-refractivity contribution in [2.45, 2.75) is 6.54 Å². The van der Waals surface area contributed by atoms with E-state index in [0.717, 1.165) is 19.2 Å². The number of amides is 1. The molecule has 2 rings (SSSR count). The fraction of sp³-hybridized carbons (Fsp3) is 0.533. The molecule has 1 fully saturated rings. The molecule has 116 valence electrons. The molecule has 1 aliphatic rings. The van der Waals surface area contributed by atoms with Gasteiger partial charge in [-0.3, -0.25) is 9.69 Å². The summed E-state index contributed by atoms with van der Waals surface area (Å²) in [7, 11) is 3.59. The zero-order valence-corrected chi connectivity index (χ0v) is 12.4. The van der Waals surface area contributed by atoms with Crippen molar-refractivity contribution < 1.29 is 13.6 Å². The second-order valence-corrected chi connectivity index (χ2v) is 5.54. The molecule has 4 nitrogen and oxygen atoms in total. The molecule has 0 bridgehead atoms. The number of carbonyl (C=O) groups excluding carboxylic acids is 1. The largest absolute Gasteiger partial charge is 0.359 e. The Hall–Kier alpha value is -1.53. The molecule has 1 amide bonds. The Labute approximate surface area is 123 Å². The summed E-state index contributed by atoms with van der Waals surface area (Å²) in [6.45, 7) is 3.20. The van der Waals surface area contributed by atoms with Crippen LogP contribution in [0.25, 0.3) is 0 Å². The summed E-state index contributed by atoms with van der Waals surface area (Å²) >= 11 is 0. The van der Waals surface area contributed by atoms with Crippen molar-refractivity contribution in [3.63, 3.8) is 0 Å². The third-order valence-electron chi connectivity index (χ3n) is 3.83. The van der Waals surface area contributed by atoms with Crippen molar-refractivity contribution >= 4 is 5.91 Å². The zero-order valence-electron chi connectivity index (χ0n) is 12.4. The first-order valence-electron chi connectivity index (χ1n) is 7.06. The number of halogens is 2. The van der Waals surface area contributed by atoms with Gasteiger partial charge in [0.15, 0.2) is 0 Å². The normalized spacial score (nSPS) is 21.0. The minimum absolute atomic E-state index is 0.00618. The summed E-state index contributed by atoms with van der Waals surface area (Å²) in [5.74, 6) is -1.27. The first kappa shape index (κ1) is 15.9. The van der Waals surface area contributed by atoms with Gasteiger partial charge in [-0.2, -0.15) is 0 Å². The highest BCUT2D eigenvalue weighted by molar-refractivity contribution is 5.78. The average molecular weight is 297 g/mol. The van der Waals surface area contributed by atoms with Crippen LogP contribution < -0.4 is 5.32 Å². The van der Waals surface area contributed by atoms with E-state index >= 15 is 0 Å². The number of benzene rings is 1. The number of likely N-dealkylation sites (N-methyl/N-ethyl adjacent to an activating group) is 1. The van der Waals surface area contributed by atoms with Crippen LogP contribution in [-0.2, 0) is 11.3 Å². The van der Waals surface area contributed by atoms with Crippen molar-refractivity contribution in [2.24, 2.45) is 5.92 Å². The average Bonchev–Trinajstić information content (AvgIpc) is 2.63. The molecular weight excluding hydrogens is 276 g/mol. The van der Waals surface area contributed by atoms with Gasteiger partial charge in [-0.15, -0.1) is 0 Å². The molecule has 0 aromatic heterocycles. The Morgan fingerprint density at radius 1 is 1.33 bits per heavy atom. The van der Waals surface area contributed by atoms with Gasteiger partial charge in [0.2, 0.25) is 5.91 Å². The van der Waals surface area contributed by atoms with Gasteiger partial charge in [0.25, 0.3) is 0 Å². The van der Waals surface area contributed by atoms with Crippen molar-refractivity contribution in [2.75, 3.05) is 40.3 Å². The number of nitrogens with one attached hydrogen (secondary N) is 1. The van der Waals surface area contributed by atoms with Crippen LogP contribution in [0.1, 0.15) is 5.56 Å². The van der Waals surface area contributed by atoms with Gasteiger partial charge in [0, 0.05) is 51.4 Å². The molecular formula is C15H21F2N3O. The highest BCUT2D eigenvalue weighted by atomic mass is 19.1. The van der Waals surface area contributed by atoms with Gasteiger partial charge in [0.05, 0.1) is 5.92 Å². The van der Waals surface area contributed by atoms with E-state index in [1.807, 2.05) is 11.9 Å². The van der Waals surface area contributed by atoms with Crippen molar-refractivity contribution in [3.8, 4) is 0 Å². The molecule has 1 atom stereocenters. The first-order valence-corrected chi connectivity index (χ1v) is 7.06. The molecule has 0 aliphatic carbocycles. The second kappa shape index (κ2) is 6.95. The van der Waals surface area contributed by atoms with E-state index in [-0.39, 0.29) is 11.8 Å². The summed E-state index contributed by atoms with van der Waals surface area (Å²) in [5, 5.41) is 2.67. The molecule has 1 N–H and O–H groups in total. The molecule has 0 unspecified atom stereocenters. The van der Waals surface area contributed by atoms with Crippen LogP contribution in [0, 0.1) is 17.6 Å². The first-order chi connectivity index (χ1) is 9.99. The smallest absolute Gasteiger partial charge is 0.225 e. The number of carbonyl (C=O) groups is 1. The molecule has 1 aliphatic heterocycles. The number of nitrogens with zero attached hydrogens (tertiary/aromatic N) is 2. The fourth-order valence-electron chi connectivity index (χ4n) is 2.64. The van der Waals surface area contributed by atoms with Crippen LogP contribution in [-0.4, -0.2) is 56.0 Å². The van der Waals surface area contributed by atoms with E-state index in [0.29, 0.717) is 25.2 Å². The van der Waals surface area contributed by atoms with Gasteiger partial charge in [0.1, 0.15) is 11.6 Å². The predicted molar refractivity (Wildman–Crippen MR) is 76.7 cm³/mol. The van der Waals surface area contributed by atoms with Gasteiger partial charge in [-0.05, 0) is 13.1 Å². The van der Waals surface area contributed by atoms with Crippen molar-refractivity contribution in [3.05, 3.63) is 35.4 Å². The Balaban J connectivity index is 2.09. The molecule has 6 heteroatoms. The number of hydrogen-bond donors (Lipinski definition) is 1. The monoisotopic (exact) mass is 297 g/mol. The maximum atomic E-state index is 13.7. The van der Waals surface area contributed by atoms with E-state index in [1.165, 1.54) is 12.1 Å². The molecule has 1 aromatic carbocycles. The Morgan fingerprint density at radius 3 is 2.76 bits per heavy atom. The van der Waals surface area contributed by atoms with Crippen molar-refractivity contribution in [1.29, 1.82) is 0 Å². The van der Waals surface area contributed by atoms with Gasteiger partial charge in [-0.25, -0.2) is 8.78 Å². The molecule has 0 radical (unpaired) electrons. The van der Waals surface area contributed by atoms with Gasteiger partial charge in [-0.1, -0.05) is 6.07 Å². The second-order valence-electron chi connectivity index (χ2n) is 5.54. The maximum absolute atomic E-state index is 13.7. The molecule has 0 saturated carbocycles. The zero-order chi connectivity index (χ0) is 15.4. The molecule has 1 saturated heterocycles. The van der Waals surface area contributed by atoms with Crippen LogP contribution in [0.15, 0.2) is 18.2 Å². The summed E-state index contributed by atoms with van der Waals surface area (Å²) in [6, 6.07) is 3.63. The Kier molecular flexibility index (Phi) is 5.25. The lowest BCUT2D eigenvalue weighted by Crippen LogP contribution is -2.39. The van der Waals surface area contributed by atoms with Gasteiger partial charge >= 0.3 is 0 Å². The SMILES string of the molecule is CNC(=O)[C@H]1CN(C)CCN(Cc2ccc(F)cc2F)C1. The van der Waals surface area contributed by atoms with Crippen LogP contribution in [0.4, 0.5) is 8.78 Å². The van der Waals surface area contributed by atoms with Gasteiger partial charge < -0.3 is 10.2 Å². The summed E-state index contributed by atoms with van der Waals surface area (Å²) in [6.07, 6.45) is 0. The van der Waals surface area contributed by atoms with Crippen molar-refractivity contribution in [1.82, 2.24) is 15.1 Å². The van der Waals surface area contributed by atoms with E-state index in [2.05, 4.69) is 10.2 Å². The molecule has 21 heavy (non-hydrogen) atoms. The van der Waals surface area contributed by atoms with E-state index in [9.17, 15) is 13.6 Å². The molecule has 0 spiro atoms. The van der Waals surface area contributed by atoms with Crippen LogP contribution in [0.3, 0.4) is 0 Å². The lowest BCUT2D eigenvalue weighted by molar-refractivity contribution is -0.125. The lowest BCUT2D eigenvalue weighted by Gasteiger charge is -2.23.